The van der Waals surface area contributed by atoms with E-state index < -0.39 is 0 Å². The number of nitrogens with zero attached hydrogens (tertiary/aromatic N) is 1. The minimum Gasteiger partial charge on any atom is -0.316 e. The highest BCUT2D eigenvalue weighted by Gasteiger charge is 2.38. The van der Waals surface area contributed by atoms with Gasteiger partial charge in [-0.05, 0) is 44.2 Å². The summed E-state index contributed by atoms with van der Waals surface area (Å²) in [5.74, 6) is 0. The van der Waals surface area contributed by atoms with E-state index in [2.05, 4.69) is 16.8 Å². The van der Waals surface area contributed by atoms with E-state index in [-0.39, 0.29) is 0 Å². The standard InChI is InChI=1S/C12H22N2/c1-2-3-8-14-9-6-12(11-14)5-4-7-13-10-12/h2,13H,1,3-11H2. The summed E-state index contributed by atoms with van der Waals surface area (Å²) in [6.07, 6.45) is 7.38. The molecule has 2 heterocycles. The van der Waals surface area contributed by atoms with Crippen molar-refractivity contribution in [3.05, 3.63) is 12.7 Å². The van der Waals surface area contributed by atoms with Gasteiger partial charge in [0.15, 0.2) is 0 Å². The second-order valence-electron chi connectivity index (χ2n) is 4.88. The summed E-state index contributed by atoms with van der Waals surface area (Å²) >= 11 is 0. The molecule has 0 bridgehead atoms. The molecule has 1 unspecified atom stereocenters. The van der Waals surface area contributed by atoms with Crippen LogP contribution in [-0.4, -0.2) is 37.6 Å². The zero-order chi connectivity index (χ0) is 9.86. The van der Waals surface area contributed by atoms with Gasteiger partial charge >= 0.3 is 0 Å². The van der Waals surface area contributed by atoms with E-state index in [1.165, 1.54) is 52.0 Å². The van der Waals surface area contributed by atoms with Crippen LogP contribution in [0, 0.1) is 5.41 Å². The van der Waals surface area contributed by atoms with Crippen molar-refractivity contribution in [1.82, 2.24) is 10.2 Å². The SMILES string of the molecule is C=CCCN1CCC2(CCCNC2)C1. The normalized spacial score (nSPS) is 33.7. The fraction of sp³-hybridized carbons (Fsp3) is 0.833. The van der Waals surface area contributed by atoms with E-state index >= 15 is 0 Å². The smallest absolute Gasteiger partial charge is 0.00508 e. The Morgan fingerprint density at radius 2 is 2.36 bits per heavy atom. The molecule has 80 valence electrons. The summed E-state index contributed by atoms with van der Waals surface area (Å²) in [6, 6.07) is 0. The van der Waals surface area contributed by atoms with Crippen LogP contribution >= 0.6 is 0 Å². The zero-order valence-electron chi connectivity index (χ0n) is 9.10. The Balaban J connectivity index is 1.82. The molecular formula is C12H22N2. The third-order valence-electron chi connectivity index (χ3n) is 3.73. The first-order valence-corrected chi connectivity index (χ1v) is 5.89. The summed E-state index contributed by atoms with van der Waals surface area (Å²) in [5, 5.41) is 3.55. The molecule has 2 fully saturated rings. The first kappa shape index (κ1) is 10.2. The van der Waals surface area contributed by atoms with Crippen LogP contribution in [0.3, 0.4) is 0 Å². The molecule has 14 heavy (non-hydrogen) atoms. The van der Waals surface area contributed by atoms with Crippen molar-refractivity contribution in [2.24, 2.45) is 5.41 Å². The molecule has 2 saturated heterocycles. The first-order chi connectivity index (χ1) is 6.85. The molecule has 0 aliphatic carbocycles. The highest BCUT2D eigenvalue weighted by atomic mass is 15.2. The van der Waals surface area contributed by atoms with Gasteiger partial charge in [-0.15, -0.1) is 6.58 Å². The Hall–Kier alpha value is -0.340. The van der Waals surface area contributed by atoms with Gasteiger partial charge in [0.1, 0.15) is 0 Å². The molecule has 0 amide bonds. The van der Waals surface area contributed by atoms with Crippen LogP contribution in [0.4, 0.5) is 0 Å². The maximum Gasteiger partial charge on any atom is 0.00508 e. The summed E-state index contributed by atoms with van der Waals surface area (Å²) in [5.41, 5.74) is 0.624. The van der Waals surface area contributed by atoms with Crippen LogP contribution < -0.4 is 5.32 Å². The fourth-order valence-electron chi connectivity index (χ4n) is 2.87. The van der Waals surface area contributed by atoms with Crippen LogP contribution in [0.1, 0.15) is 25.7 Å². The van der Waals surface area contributed by atoms with E-state index in [1.54, 1.807) is 0 Å². The summed E-state index contributed by atoms with van der Waals surface area (Å²) < 4.78 is 0. The highest BCUT2D eigenvalue weighted by Crippen LogP contribution is 2.36. The monoisotopic (exact) mass is 194 g/mol. The Morgan fingerprint density at radius 1 is 1.43 bits per heavy atom. The van der Waals surface area contributed by atoms with E-state index in [1.807, 2.05) is 6.08 Å². The van der Waals surface area contributed by atoms with Crippen LogP contribution in [0.25, 0.3) is 0 Å². The molecule has 0 aromatic carbocycles. The minimum atomic E-state index is 0.624. The van der Waals surface area contributed by atoms with Crippen LogP contribution in [0.2, 0.25) is 0 Å². The Kier molecular flexibility index (Phi) is 3.24. The average molecular weight is 194 g/mol. The van der Waals surface area contributed by atoms with Crippen molar-refractivity contribution < 1.29 is 0 Å². The van der Waals surface area contributed by atoms with Gasteiger partial charge in [-0.25, -0.2) is 0 Å². The number of piperidine rings is 1. The van der Waals surface area contributed by atoms with Gasteiger partial charge in [0.2, 0.25) is 0 Å². The molecule has 0 aromatic rings. The Morgan fingerprint density at radius 3 is 3.07 bits per heavy atom. The molecule has 2 aliphatic heterocycles. The minimum absolute atomic E-state index is 0.624. The van der Waals surface area contributed by atoms with Gasteiger partial charge in [-0.3, -0.25) is 0 Å². The van der Waals surface area contributed by atoms with Crippen molar-refractivity contribution in [3.8, 4) is 0 Å². The summed E-state index contributed by atoms with van der Waals surface area (Å²) in [7, 11) is 0. The maximum absolute atomic E-state index is 3.79. The van der Waals surface area contributed by atoms with Gasteiger partial charge < -0.3 is 10.2 Å². The molecule has 2 rings (SSSR count). The van der Waals surface area contributed by atoms with E-state index in [9.17, 15) is 0 Å². The highest BCUT2D eigenvalue weighted by molar-refractivity contribution is 4.94. The number of nitrogens with one attached hydrogen (secondary N) is 1. The van der Waals surface area contributed by atoms with Crippen molar-refractivity contribution in [2.75, 3.05) is 32.7 Å². The fourth-order valence-corrected chi connectivity index (χ4v) is 2.87. The zero-order valence-corrected chi connectivity index (χ0v) is 9.10. The van der Waals surface area contributed by atoms with Gasteiger partial charge in [0.25, 0.3) is 0 Å². The predicted molar refractivity (Wildman–Crippen MR) is 60.4 cm³/mol. The van der Waals surface area contributed by atoms with Gasteiger partial charge in [-0.2, -0.15) is 0 Å². The topological polar surface area (TPSA) is 15.3 Å². The van der Waals surface area contributed by atoms with Gasteiger partial charge in [0.05, 0.1) is 0 Å². The molecular weight excluding hydrogens is 172 g/mol. The molecule has 2 aliphatic rings. The van der Waals surface area contributed by atoms with Crippen LogP contribution in [-0.2, 0) is 0 Å². The number of hydrogen-bond donors (Lipinski definition) is 1. The third kappa shape index (κ3) is 2.18. The molecule has 1 N–H and O–H groups in total. The first-order valence-electron chi connectivity index (χ1n) is 5.89. The van der Waals surface area contributed by atoms with Crippen molar-refractivity contribution in [2.45, 2.75) is 25.7 Å². The lowest BCUT2D eigenvalue weighted by atomic mass is 9.80. The summed E-state index contributed by atoms with van der Waals surface area (Å²) in [6.45, 7) is 10.1. The number of likely N-dealkylation sites (tertiary alicyclic amines) is 1. The predicted octanol–water partition coefficient (Wildman–Crippen LogP) is 1.64. The van der Waals surface area contributed by atoms with Gasteiger partial charge in [0, 0.05) is 19.6 Å². The maximum atomic E-state index is 3.79. The number of hydrogen-bond acceptors (Lipinski definition) is 2. The number of rotatable bonds is 3. The lowest BCUT2D eigenvalue weighted by Gasteiger charge is -2.34. The van der Waals surface area contributed by atoms with Gasteiger partial charge in [-0.1, -0.05) is 6.08 Å². The lowest BCUT2D eigenvalue weighted by molar-refractivity contribution is 0.203. The largest absolute Gasteiger partial charge is 0.316 e. The quantitative estimate of drug-likeness (QED) is 0.687. The molecule has 0 radical (unpaired) electrons. The van der Waals surface area contributed by atoms with Crippen LogP contribution in [0.15, 0.2) is 12.7 Å². The van der Waals surface area contributed by atoms with E-state index in [0.29, 0.717) is 5.41 Å². The molecule has 0 aromatic heterocycles. The summed E-state index contributed by atoms with van der Waals surface area (Å²) in [4.78, 5) is 2.61. The van der Waals surface area contributed by atoms with Crippen molar-refractivity contribution in [1.29, 1.82) is 0 Å². The molecule has 2 nitrogen and oxygen atoms in total. The lowest BCUT2D eigenvalue weighted by Crippen LogP contribution is -2.41. The van der Waals surface area contributed by atoms with E-state index in [4.69, 9.17) is 0 Å². The van der Waals surface area contributed by atoms with Crippen molar-refractivity contribution >= 4 is 0 Å². The second kappa shape index (κ2) is 4.45. The molecule has 2 heteroatoms. The van der Waals surface area contributed by atoms with Crippen LogP contribution in [0.5, 0.6) is 0 Å². The molecule has 1 spiro atoms. The van der Waals surface area contributed by atoms with E-state index in [0.717, 1.165) is 6.42 Å². The average Bonchev–Trinajstić information content (AvgIpc) is 2.60. The Labute approximate surface area is 87.4 Å². The van der Waals surface area contributed by atoms with Crippen molar-refractivity contribution in [3.63, 3.8) is 0 Å². The molecule has 1 atom stereocenters. The third-order valence-corrected chi connectivity index (χ3v) is 3.73. The molecule has 0 saturated carbocycles. The Bertz CT molecular complexity index is 194. The second-order valence-corrected chi connectivity index (χ2v) is 4.88.